The van der Waals surface area contributed by atoms with Gasteiger partial charge in [-0.15, -0.1) is 0 Å². The van der Waals surface area contributed by atoms with E-state index in [0.29, 0.717) is 11.9 Å². The second-order valence-electron chi connectivity index (χ2n) is 5.67. The lowest BCUT2D eigenvalue weighted by atomic mass is 9.93. The van der Waals surface area contributed by atoms with Gasteiger partial charge in [-0.25, -0.2) is 0 Å². The van der Waals surface area contributed by atoms with Crippen molar-refractivity contribution in [2.75, 3.05) is 20.1 Å². The number of nitrogens with zero attached hydrogens (tertiary/aromatic N) is 1. The Balaban J connectivity index is 1.68. The highest BCUT2D eigenvalue weighted by Crippen LogP contribution is 2.24. The van der Waals surface area contributed by atoms with Crippen molar-refractivity contribution in [3.8, 4) is 0 Å². The standard InChI is InChI=1S/C14H26N2O/c1-16(13-4-2-3-5-13)14(17)7-6-12-8-10-15-11-9-12/h12-13,15H,2-11H2,1H3. The molecular weight excluding hydrogens is 212 g/mol. The molecule has 0 bridgehead atoms. The quantitative estimate of drug-likeness (QED) is 0.814. The van der Waals surface area contributed by atoms with Crippen molar-refractivity contribution in [3.63, 3.8) is 0 Å². The van der Waals surface area contributed by atoms with Gasteiger partial charge >= 0.3 is 0 Å². The summed E-state index contributed by atoms with van der Waals surface area (Å²) in [4.78, 5) is 14.1. The molecule has 0 unspecified atom stereocenters. The second-order valence-corrected chi connectivity index (χ2v) is 5.67. The van der Waals surface area contributed by atoms with Gasteiger partial charge in [0.15, 0.2) is 0 Å². The molecule has 0 atom stereocenters. The molecule has 1 aliphatic heterocycles. The van der Waals surface area contributed by atoms with E-state index in [9.17, 15) is 4.79 Å². The van der Waals surface area contributed by atoms with Gasteiger partial charge < -0.3 is 10.2 Å². The number of piperidine rings is 1. The van der Waals surface area contributed by atoms with Gasteiger partial charge in [-0.1, -0.05) is 12.8 Å². The molecule has 2 rings (SSSR count). The first-order valence-corrected chi connectivity index (χ1v) is 7.24. The van der Waals surface area contributed by atoms with Crippen LogP contribution in [0.2, 0.25) is 0 Å². The number of hydrogen-bond donors (Lipinski definition) is 1. The lowest BCUT2D eigenvalue weighted by Crippen LogP contribution is -2.35. The average molecular weight is 238 g/mol. The van der Waals surface area contributed by atoms with Crippen LogP contribution < -0.4 is 5.32 Å². The van der Waals surface area contributed by atoms with Crippen molar-refractivity contribution in [1.29, 1.82) is 0 Å². The molecule has 1 heterocycles. The number of nitrogens with one attached hydrogen (secondary N) is 1. The van der Waals surface area contributed by atoms with Crippen molar-refractivity contribution in [2.24, 2.45) is 5.92 Å². The molecule has 1 N–H and O–H groups in total. The van der Waals surface area contributed by atoms with Crippen LogP contribution in [0.4, 0.5) is 0 Å². The SMILES string of the molecule is CN(C(=O)CCC1CCNCC1)C1CCCC1. The van der Waals surface area contributed by atoms with Gasteiger partial charge in [-0.2, -0.15) is 0 Å². The van der Waals surface area contributed by atoms with Crippen LogP contribution in [0.15, 0.2) is 0 Å². The molecule has 17 heavy (non-hydrogen) atoms. The van der Waals surface area contributed by atoms with E-state index in [2.05, 4.69) is 5.32 Å². The maximum absolute atomic E-state index is 12.1. The number of carbonyl (C=O) groups excluding carboxylic acids is 1. The van der Waals surface area contributed by atoms with Crippen LogP contribution in [0.5, 0.6) is 0 Å². The molecule has 2 aliphatic rings. The Kier molecular flexibility index (Phi) is 4.84. The Bertz CT molecular complexity index is 243. The number of hydrogen-bond acceptors (Lipinski definition) is 2. The van der Waals surface area contributed by atoms with E-state index in [0.717, 1.165) is 31.8 Å². The maximum Gasteiger partial charge on any atom is 0.222 e. The van der Waals surface area contributed by atoms with Gasteiger partial charge in [-0.3, -0.25) is 4.79 Å². The first-order valence-electron chi connectivity index (χ1n) is 7.24. The van der Waals surface area contributed by atoms with Crippen LogP contribution in [0.3, 0.4) is 0 Å². The van der Waals surface area contributed by atoms with Crippen molar-refractivity contribution in [1.82, 2.24) is 10.2 Å². The number of rotatable bonds is 4. The highest BCUT2D eigenvalue weighted by atomic mass is 16.2. The normalized spacial score (nSPS) is 22.9. The number of carbonyl (C=O) groups is 1. The summed E-state index contributed by atoms with van der Waals surface area (Å²) in [6.45, 7) is 2.27. The minimum Gasteiger partial charge on any atom is -0.343 e. The molecule has 0 spiro atoms. The summed E-state index contributed by atoms with van der Waals surface area (Å²) >= 11 is 0. The van der Waals surface area contributed by atoms with Crippen molar-refractivity contribution in [2.45, 2.75) is 57.4 Å². The summed E-state index contributed by atoms with van der Waals surface area (Å²) in [5.41, 5.74) is 0. The Labute approximate surface area is 105 Å². The average Bonchev–Trinajstić information content (AvgIpc) is 2.90. The molecule has 3 nitrogen and oxygen atoms in total. The predicted molar refractivity (Wildman–Crippen MR) is 69.9 cm³/mol. The molecule has 1 aliphatic carbocycles. The molecule has 3 heteroatoms. The summed E-state index contributed by atoms with van der Waals surface area (Å²) in [6.07, 6.45) is 9.40. The summed E-state index contributed by atoms with van der Waals surface area (Å²) < 4.78 is 0. The van der Waals surface area contributed by atoms with Gasteiger partial charge in [0.05, 0.1) is 0 Å². The zero-order valence-electron chi connectivity index (χ0n) is 11.1. The fourth-order valence-electron chi connectivity index (χ4n) is 3.17. The van der Waals surface area contributed by atoms with E-state index >= 15 is 0 Å². The minimum atomic E-state index is 0.371. The summed E-state index contributed by atoms with van der Waals surface area (Å²) in [5.74, 6) is 1.15. The van der Waals surface area contributed by atoms with Crippen LogP contribution in [0.1, 0.15) is 51.4 Å². The first kappa shape index (κ1) is 12.9. The van der Waals surface area contributed by atoms with Gasteiger partial charge in [0.1, 0.15) is 0 Å². The molecule has 0 aromatic rings. The van der Waals surface area contributed by atoms with E-state index in [1.807, 2.05) is 11.9 Å². The topological polar surface area (TPSA) is 32.3 Å². The van der Waals surface area contributed by atoms with Crippen LogP contribution in [0.25, 0.3) is 0 Å². The summed E-state index contributed by atoms with van der Waals surface area (Å²) in [6, 6.07) is 0.538. The molecule has 0 aromatic heterocycles. The lowest BCUT2D eigenvalue weighted by Gasteiger charge is -2.26. The molecule has 98 valence electrons. The van der Waals surface area contributed by atoms with Gasteiger partial charge in [0, 0.05) is 19.5 Å². The Morgan fingerprint density at radius 3 is 2.47 bits per heavy atom. The zero-order valence-corrected chi connectivity index (χ0v) is 11.1. The second kappa shape index (κ2) is 6.39. The van der Waals surface area contributed by atoms with E-state index in [1.165, 1.54) is 38.5 Å². The van der Waals surface area contributed by atoms with E-state index in [1.54, 1.807) is 0 Å². The third-order valence-corrected chi connectivity index (χ3v) is 4.49. The van der Waals surface area contributed by atoms with E-state index < -0.39 is 0 Å². The van der Waals surface area contributed by atoms with Crippen LogP contribution >= 0.6 is 0 Å². The van der Waals surface area contributed by atoms with Crippen molar-refractivity contribution >= 4 is 5.91 Å². The smallest absolute Gasteiger partial charge is 0.222 e. The van der Waals surface area contributed by atoms with Gasteiger partial charge in [0.2, 0.25) is 5.91 Å². The van der Waals surface area contributed by atoms with Crippen LogP contribution in [-0.4, -0.2) is 37.0 Å². The largest absolute Gasteiger partial charge is 0.343 e. The highest BCUT2D eigenvalue weighted by Gasteiger charge is 2.23. The van der Waals surface area contributed by atoms with Crippen LogP contribution in [0, 0.1) is 5.92 Å². The Morgan fingerprint density at radius 2 is 1.82 bits per heavy atom. The van der Waals surface area contributed by atoms with Gasteiger partial charge in [0.25, 0.3) is 0 Å². The Hall–Kier alpha value is -0.570. The van der Waals surface area contributed by atoms with Gasteiger partial charge in [-0.05, 0) is 51.1 Å². The monoisotopic (exact) mass is 238 g/mol. The molecule has 1 saturated carbocycles. The third-order valence-electron chi connectivity index (χ3n) is 4.49. The zero-order chi connectivity index (χ0) is 12.1. The molecule has 1 amide bonds. The lowest BCUT2D eigenvalue weighted by molar-refractivity contribution is -0.132. The van der Waals surface area contributed by atoms with Crippen molar-refractivity contribution < 1.29 is 4.79 Å². The summed E-state index contributed by atoms with van der Waals surface area (Å²) in [7, 11) is 2.00. The summed E-state index contributed by atoms with van der Waals surface area (Å²) in [5, 5.41) is 3.37. The molecule has 0 radical (unpaired) electrons. The highest BCUT2D eigenvalue weighted by molar-refractivity contribution is 5.76. The van der Waals surface area contributed by atoms with Crippen molar-refractivity contribution in [3.05, 3.63) is 0 Å². The third kappa shape index (κ3) is 3.70. The van der Waals surface area contributed by atoms with E-state index in [-0.39, 0.29) is 0 Å². The minimum absolute atomic E-state index is 0.371. The fraction of sp³-hybridized carbons (Fsp3) is 0.929. The molecule has 2 fully saturated rings. The number of amides is 1. The predicted octanol–water partition coefficient (Wildman–Crippen LogP) is 2.17. The maximum atomic E-state index is 12.1. The molecular formula is C14H26N2O. The molecule has 0 aromatic carbocycles. The van der Waals surface area contributed by atoms with Crippen LogP contribution in [-0.2, 0) is 4.79 Å². The Morgan fingerprint density at radius 1 is 1.18 bits per heavy atom. The molecule has 1 saturated heterocycles. The fourth-order valence-corrected chi connectivity index (χ4v) is 3.17. The van der Waals surface area contributed by atoms with E-state index in [4.69, 9.17) is 0 Å². The first-order chi connectivity index (χ1) is 8.27.